The van der Waals surface area contributed by atoms with Gasteiger partial charge in [0.1, 0.15) is 0 Å². The molecule has 1 aromatic rings. The molecule has 0 aromatic heterocycles. The SMILES string of the molecule is CCC(CC)(CN)NS(=O)(=O)c1cc(C(=O)OC)cc(C(=O)OC)c1. The molecule has 0 saturated heterocycles. The van der Waals surface area contributed by atoms with Crippen molar-refractivity contribution in [2.24, 2.45) is 5.73 Å². The predicted molar refractivity (Wildman–Crippen MR) is 91.8 cm³/mol. The second kappa shape index (κ2) is 8.41. The van der Waals surface area contributed by atoms with E-state index in [-0.39, 0.29) is 22.6 Å². The summed E-state index contributed by atoms with van der Waals surface area (Å²) >= 11 is 0. The highest BCUT2D eigenvalue weighted by molar-refractivity contribution is 7.89. The Balaban J connectivity index is 3.47. The van der Waals surface area contributed by atoms with Crippen molar-refractivity contribution >= 4 is 22.0 Å². The van der Waals surface area contributed by atoms with Gasteiger partial charge in [-0.2, -0.15) is 0 Å². The third-order valence-corrected chi connectivity index (χ3v) is 5.71. The van der Waals surface area contributed by atoms with Gasteiger partial charge in [0, 0.05) is 12.1 Å². The third kappa shape index (κ3) is 4.77. The normalized spacial score (nSPS) is 11.9. The summed E-state index contributed by atoms with van der Waals surface area (Å²) in [4.78, 5) is 23.4. The van der Waals surface area contributed by atoms with Crippen LogP contribution in [0.2, 0.25) is 0 Å². The molecule has 0 aliphatic heterocycles. The number of carbonyl (C=O) groups is 2. The molecule has 0 bridgehead atoms. The Kier molecular flexibility index (Phi) is 7.09. The van der Waals surface area contributed by atoms with E-state index in [1.165, 1.54) is 6.07 Å². The smallest absolute Gasteiger partial charge is 0.337 e. The summed E-state index contributed by atoms with van der Waals surface area (Å²) in [7, 11) is -1.71. The maximum Gasteiger partial charge on any atom is 0.337 e. The Morgan fingerprint density at radius 2 is 1.48 bits per heavy atom. The minimum Gasteiger partial charge on any atom is -0.465 e. The minimum absolute atomic E-state index is 0.0721. The van der Waals surface area contributed by atoms with E-state index in [2.05, 4.69) is 14.2 Å². The molecule has 0 spiro atoms. The maximum atomic E-state index is 12.8. The topological polar surface area (TPSA) is 125 Å². The van der Waals surface area contributed by atoms with Gasteiger partial charge in [-0.3, -0.25) is 0 Å². The van der Waals surface area contributed by atoms with Gasteiger partial charge in [-0.1, -0.05) is 13.8 Å². The van der Waals surface area contributed by atoms with Crippen LogP contribution >= 0.6 is 0 Å². The number of esters is 2. The number of nitrogens with two attached hydrogens (primary N) is 1. The number of hydrogen-bond donors (Lipinski definition) is 2. The van der Waals surface area contributed by atoms with E-state index in [0.29, 0.717) is 12.8 Å². The number of sulfonamides is 1. The quantitative estimate of drug-likeness (QED) is 0.654. The molecule has 0 radical (unpaired) electrons. The van der Waals surface area contributed by atoms with E-state index in [1.54, 1.807) is 0 Å². The Morgan fingerprint density at radius 3 is 1.80 bits per heavy atom. The fraction of sp³-hybridized carbons (Fsp3) is 0.500. The molecule has 0 fully saturated rings. The number of nitrogens with one attached hydrogen (secondary N) is 1. The molecule has 0 aliphatic carbocycles. The molecule has 3 N–H and O–H groups in total. The van der Waals surface area contributed by atoms with E-state index in [9.17, 15) is 18.0 Å². The highest BCUT2D eigenvalue weighted by Gasteiger charge is 2.31. The lowest BCUT2D eigenvalue weighted by Crippen LogP contribution is -2.52. The molecule has 0 atom stereocenters. The third-order valence-electron chi connectivity index (χ3n) is 4.15. The van der Waals surface area contributed by atoms with Gasteiger partial charge in [-0.05, 0) is 31.0 Å². The van der Waals surface area contributed by atoms with Crippen LogP contribution in [0.4, 0.5) is 0 Å². The lowest BCUT2D eigenvalue weighted by Gasteiger charge is -2.31. The molecule has 25 heavy (non-hydrogen) atoms. The van der Waals surface area contributed by atoms with E-state index >= 15 is 0 Å². The zero-order valence-electron chi connectivity index (χ0n) is 14.8. The summed E-state index contributed by atoms with van der Waals surface area (Å²) in [6.07, 6.45) is 0.972. The van der Waals surface area contributed by atoms with Crippen molar-refractivity contribution in [3.8, 4) is 0 Å². The van der Waals surface area contributed by atoms with E-state index < -0.39 is 27.5 Å². The molecule has 0 unspecified atom stereocenters. The number of rotatable bonds is 8. The molecular formula is C16H24N2O6S. The second-order valence-corrected chi connectivity index (χ2v) is 7.21. The first kappa shape index (κ1) is 21.1. The van der Waals surface area contributed by atoms with Gasteiger partial charge in [0.2, 0.25) is 10.0 Å². The summed E-state index contributed by atoms with van der Waals surface area (Å²) in [5.41, 5.74) is 4.78. The van der Waals surface area contributed by atoms with Gasteiger partial charge in [0.15, 0.2) is 0 Å². The molecule has 0 saturated carbocycles. The molecule has 0 heterocycles. The van der Waals surface area contributed by atoms with Crippen molar-refractivity contribution in [1.29, 1.82) is 0 Å². The fourth-order valence-electron chi connectivity index (χ4n) is 2.29. The zero-order valence-corrected chi connectivity index (χ0v) is 15.6. The van der Waals surface area contributed by atoms with Gasteiger partial charge in [-0.25, -0.2) is 22.7 Å². The summed E-state index contributed by atoms with van der Waals surface area (Å²) < 4.78 is 37.4. The molecule has 8 nitrogen and oxygen atoms in total. The lowest BCUT2D eigenvalue weighted by atomic mass is 9.95. The standard InChI is InChI=1S/C16H24N2O6S/c1-5-16(6-2,10-17)18-25(21,22)13-8-11(14(19)23-3)7-12(9-13)15(20)24-4/h7-9,18H,5-6,10,17H2,1-4H3. The minimum atomic E-state index is -4.03. The van der Waals surface area contributed by atoms with Crippen molar-refractivity contribution in [1.82, 2.24) is 4.72 Å². The summed E-state index contributed by atoms with van der Waals surface area (Å²) in [6.45, 7) is 3.76. The largest absolute Gasteiger partial charge is 0.465 e. The van der Waals surface area contributed by atoms with Gasteiger partial charge < -0.3 is 15.2 Å². The molecule has 1 aromatic carbocycles. The molecule has 0 amide bonds. The lowest BCUT2D eigenvalue weighted by molar-refractivity contribution is 0.0598. The van der Waals surface area contributed by atoms with Crippen LogP contribution in [0.5, 0.6) is 0 Å². The van der Waals surface area contributed by atoms with Crippen LogP contribution in [0.3, 0.4) is 0 Å². The average Bonchev–Trinajstić information content (AvgIpc) is 2.64. The highest BCUT2D eigenvalue weighted by Crippen LogP contribution is 2.21. The maximum absolute atomic E-state index is 12.8. The van der Waals surface area contributed by atoms with E-state index in [1.807, 2.05) is 13.8 Å². The van der Waals surface area contributed by atoms with Crippen LogP contribution in [-0.2, 0) is 19.5 Å². The van der Waals surface area contributed by atoms with E-state index in [4.69, 9.17) is 5.73 Å². The first-order valence-electron chi connectivity index (χ1n) is 7.74. The van der Waals surface area contributed by atoms with Crippen LogP contribution in [0.15, 0.2) is 23.1 Å². The second-order valence-electron chi connectivity index (χ2n) is 5.53. The number of methoxy groups -OCH3 is 2. The van der Waals surface area contributed by atoms with Crippen molar-refractivity contribution < 1.29 is 27.5 Å². The zero-order chi connectivity index (χ0) is 19.3. The first-order valence-corrected chi connectivity index (χ1v) is 9.22. The predicted octanol–water partition coefficient (Wildman–Crippen LogP) is 1.06. The Bertz CT molecular complexity index is 698. The molecule has 0 aliphatic rings. The van der Waals surface area contributed by atoms with Gasteiger partial charge in [0.05, 0.1) is 30.2 Å². The van der Waals surface area contributed by atoms with Gasteiger partial charge >= 0.3 is 11.9 Å². The summed E-state index contributed by atoms with van der Waals surface area (Å²) in [6, 6.07) is 3.51. The summed E-state index contributed by atoms with van der Waals surface area (Å²) in [5, 5.41) is 0. The van der Waals surface area contributed by atoms with E-state index in [0.717, 1.165) is 26.4 Å². The van der Waals surface area contributed by atoms with Gasteiger partial charge in [0.25, 0.3) is 0 Å². The Morgan fingerprint density at radius 1 is 1.04 bits per heavy atom. The summed E-state index contributed by atoms with van der Waals surface area (Å²) in [5.74, 6) is -1.53. The van der Waals surface area contributed by atoms with Crippen molar-refractivity contribution in [3.63, 3.8) is 0 Å². The molecule has 9 heteroatoms. The van der Waals surface area contributed by atoms with Crippen LogP contribution in [0.25, 0.3) is 0 Å². The number of benzene rings is 1. The van der Waals surface area contributed by atoms with Crippen LogP contribution in [-0.4, -0.2) is 46.7 Å². The van der Waals surface area contributed by atoms with Crippen molar-refractivity contribution in [2.75, 3.05) is 20.8 Å². The fourth-order valence-corrected chi connectivity index (χ4v) is 3.92. The number of ether oxygens (including phenoxy) is 2. The van der Waals surface area contributed by atoms with Crippen molar-refractivity contribution in [2.45, 2.75) is 37.1 Å². The van der Waals surface area contributed by atoms with Crippen LogP contribution in [0, 0.1) is 0 Å². The van der Waals surface area contributed by atoms with Crippen LogP contribution < -0.4 is 10.5 Å². The van der Waals surface area contributed by atoms with Crippen LogP contribution in [0.1, 0.15) is 47.4 Å². The molecule has 140 valence electrons. The Hall–Kier alpha value is -1.97. The van der Waals surface area contributed by atoms with Crippen molar-refractivity contribution in [3.05, 3.63) is 29.3 Å². The monoisotopic (exact) mass is 372 g/mol. The first-order chi connectivity index (χ1) is 11.7. The molecular weight excluding hydrogens is 348 g/mol. The average molecular weight is 372 g/mol. The Labute approximate surface area is 147 Å². The highest BCUT2D eigenvalue weighted by atomic mass is 32.2. The number of hydrogen-bond acceptors (Lipinski definition) is 7. The molecule has 1 rings (SSSR count). The number of carbonyl (C=O) groups excluding carboxylic acids is 2. The van der Waals surface area contributed by atoms with Gasteiger partial charge in [-0.15, -0.1) is 0 Å².